The Kier molecular flexibility index (Phi) is 2.65. The first kappa shape index (κ1) is 10.9. The van der Waals surface area contributed by atoms with Gasteiger partial charge in [-0.3, -0.25) is 14.9 Å². The summed E-state index contributed by atoms with van der Waals surface area (Å²) in [6.07, 6.45) is 0.420. The molecule has 86 valence electrons. The predicted octanol–water partition coefficient (Wildman–Crippen LogP) is 1.77. The Morgan fingerprint density at radius 3 is 2.82 bits per heavy atom. The first-order chi connectivity index (χ1) is 8.11. The van der Waals surface area contributed by atoms with E-state index in [4.69, 9.17) is 0 Å². The maximum atomic E-state index is 10.6. The van der Waals surface area contributed by atoms with Crippen LogP contribution in [0.15, 0.2) is 22.7 Å². The number of carbonyl (C=O) groups excluding carboxylic acids is 1. The fourth-order valence-electron chi connectivity index (χ4n) is 1.36. The van der Waals surface area contributed by atoms with Crippen LogP contribution < -0.4 is 0 Å². The number of benzene rings is 1. The third kappa shape index (κ3) is 2.03. The minimum atomic E-state index is -0.510. The monoisotopic (exact) mass is 233 g/mol. The van der Waals surface area contributed by atoms with E-state index in [1.807, 2.05) is 0 Å². The third-order valence-corrected chi connectivity index (χ3v) is 2.22. The Morgan fingerprint density at radius 1 is 1.47 bits per heavy atom. The molecule has 0 amide bonds. The van der Waals surface area contributed by atoms with Gasteiger partial charge in [0.15, 0.2) is 0 Å². The van der Waals surface area contributed by atoms with Crippen molar-refractivity contribution in [2.45, 2.75) is 6.92 Å². The Labute approximate surface area is 95.2 Å². The van der Waals surface area contributed by atoms with Crippen LogP contribution >= 0.6 is 0 Å². The highest BCUT2D eigenvalue weighted by Crippen LogP contribution is 2.25. The standard InChI is InChI=1S/C10H7N3O4/c1-6-2-3-7(13(15)16)4-8(6)10-11-9(5-14)17-12-10/h2-5H,1H3. The molecule has 0 bridgehead atoms. The maximum Gasteiger partial charge on any atom is 0.291 e. The van der Waals surface area contributed by atoms with E-state index >= 15 is 0 Å². The van der Waals surface area contributed by atoms with Crippen molar-refractivity contribution in [1.82, 2.24) is 10.1 Å². The molecule has 0 N–H and O–H groups in total. The number of hydrogen-bond donors (Lipinski definition) is 0. The molecule has 0 saturated heterocycles. The fraction of sp³-hybridized carbons (Fsp3) is 0.100. The lowest BCUT2D eigenvalue weighted by Gasteiger charge is -1.99. The van der Waals surface area contributed by atoms with Crippen LogP contribution in [0.2, 0.25) is 0 Å². The van der Waals surface area contributed by atoms with Gasteiger partial charge in [0, 0.05) is 17.7 Å². The molecule has 17 heavy (non-hydrogen) atoms. The van der Waals surface area contributed by atoms with Gasteiger partial charge in [0.25, 0.3) is 11.6 Å². The van der Waals surface area contributed by atoms with Gasteiger partial charge >= 0.3 is 0 Å². The number of carbonyl (C=O) groups is 1. The lowest BCUT2D eigenvalue weighted by molar-refractivity contribution is -0.384. The molecule has 1 aromatic heterocycles. The van der Waals surface area contributed by atoms with Gasteiger partial charge in [0.05, 0.1) is 4.92 Å². The third-order valence-electron chi connectivity index (χ3n) is 2.22. The zero-order valence-electron chi connectivity index (χ0n) is 8.78. The highest BCUT2D eigenvalue weighted by atomic mass is 16.6. The van der Waals surface area contributed by atoms with Crippen molar-refractivity contribution < 1.29 is 14.2 Å². The first-order valence-corrected chi connectivity index (χ1v) is 4.66. The van der Waals surface area contributed by atoms with Crippen LogP contribution in [-0.2, 0) is 0 Å². The van der Waals surface area contributed by atoms with Crippen LogP contribution in [0.3, 0.4) is 0 Å². The summed E-state index contributed by atoms with van der Waals surface area (Å²) >= 11 is 0. The quantitative estimate of drug-likeness (QED) is 0.455. The summed E-state index contributed by atoms with van der Waals surface area (Å²) < 4.78 is 4.62. The van der Waals surface area contributed by atoms with Gasteiger partial charge in [-0.25, -0.2) is 0 Å². The largest absolute Gasteiger partial charge is 0.331 e. The maximum absolute atomic E-state index is 10.6. The molecule has 0 aliphatic heterocycles. The zero-order valence-corrected chi connectivity index (χ0v) is 8.78. The SMILES string of the molecule is Cc1ccc([N+](=O)[O-])cc1-c1noc(C=O)n1. The second-order valence-electron chi connectivity index (χ2n) is 3.33. The number of nitro groups is 1. The van der Waals surface area contributed by atoms with Crippen molar-refractivity contribution in [2.75, 3.05) is 0 Å². The van der Waals surface area contributed by atoms with Crippen LogP contribution in [-0.4, -0.2) is 21.4 Å². The number of rotatable bonds is 3. The van der Waals surface area contributed by atoms with Crippen LogP contribution in [0.25, 0.3) is 11.4 Å². The van der Waals surface area contributed by atoms with E-state index < -0.39 is 4.92 Å². The lowest BCUT2D eigenvalue weighted by atomic mass is 10.1. The molecule has 0 radical (unpaired) electrons. The predicted molar refractivity (Wildman–Crippen MR) is 56.5 cm³/mol. The fourth-order valence-corrected chi connectivity index (χ4v) is 1.36. The van der Waals surface area contributed by atoms with E-state index in [9.17, 15) is 14.9 Å². The van der Waals surface area contributed by atoms with Gasteiger partial charge in [-0.15, -0.1) is 0 Å². The molecule has 7 heteroatoms. The van der Waals surface area contributed by atoms with E-state index in [1.165, 1.54) is 12.1 Å². The second-order valence-corrected chi connectivity index (χ2v) is 3.33. The van der Waals surface area contributed by atoms with Crippen molar-refractivity contribution in [3.63, 3.8) is 0 Å². The first-order valence-electron chi connectivity index (χ1n) is 4.66. The van der Waals surface area contributed by atoms with Crippen LogP contribution in [0.4, 0.5) is 5.69 Å². The van der Waals surface area contributed by atoms with Gasteiger partial charge in [0.1, 0.15) is 0 Å². The molecule has 0 aliphatic rings. The van der Waals surface area contributed by atoms with Crippen molar-refractivity contribution in [1.29, 1.82) is 0 Å². The van der Waals surface area contributed by atoms with E-state index in [0.717, 1.165) is 5.56 Å². The number of nitro benzene ring substituents is 1. The van der Waals surface area contributed by atoms with Gasteiger partial charge < -0.3 is 4.52 Å². The van der Waals surface area contributed by atoms with E-state index in [2.05, 4.69) is 14.7 Å². The van der Waals surface area contributed by atoms with Gasteiger partial charge in [-0.05, 0) is 12.5 Å². The average Bonchev–Trinajstić information content (AvgIpc) is 2.77. The number of non-ortho nitro benzene ring substituents is 1. The summed E-state index contributed by atoms with van der Waals surface area (Å²) in [7, 11) is 0. The number of nitrogens with zero attached hydrogens (tertiary/aromatic N) is 3. The van der Waals surface area contributed by atoms with E-state index in [0.29, 0.717) is 11.8 Å². The molecule has 7 nitrogen and oxygen atoms in total. The molecular formula is C10H7N3O4. The average molecular weight is 233 g/mol. The van der Waals surface area contributed by atoms with E-state index in [1.54, 1.807) is 13.0 Å². The van der Waals surface area contributed by atoms with Gasteiger partial charge in [-0.1, -0.05) is 11.2 Å². The summed E-state index contributed by atoms with van der Waals surface area (Å²) in [6.45, 7) is 1.76. The number of aldehydes is 1. The topological polar surface area (TPSA) is 99.1 Å². The molecule has 1 heterocycles. The summed E-state index contributed by atoms with van der Waals surface area (Å²) in [6, 6.07) is 4.32. The van der Waals surface area contributed by atoms with E-state index in [-0.39, 0.29) is 17.4 Å². The number of aryl methyl sites for hydroxylation is 1. The Balaban J connectivity index is 2.53. The van der Waals surface area contributed by atoms with Crippen molar-refractivity contribution >= 4 is 12.0 Å². The van der Waals surface area contributed by atoms with Gasteiger partial charge in [0.2, 0.25) is 12.1 Å². The molecule has 0 spiro atoms. The molecule has 0 atom stereocenters. The molecule has 0 fully saturated rings. The smallest absolute Gasteiger partial charge is 0.291 e. The molecule has 0 saturated carbocycles. The van der Waals surface area contributed by atoms with Crippen molar-refractivity contribution in [3.8, 4) is 11.4 Å². The highest BCUT2D eigenvalue weighted by Gasteiger charge is 2.14. The van der Waals surface area contributed by atoms with Crippen LogP contribution in [0.5, 0.6) is 0 Å². The second kappa shape index (κ2) is 4.12. The van der Waals surface area contributed by atoms with Crippen molar-refractivity contribution in [3.05, 3.63) is 39.8 Å². The Hall–Kier alpha value is -2.57. The van der Waals surface area contributed by atoms with Crippen molar-refractivity contribution in [2.24, 2.45) is 0 Å². The lowest BCUT2D eigenvalue weighted by Crippen LogP contribution is -1.91. The minimum absolute atomic E-state index is 0.0666. The molecule has 2 aromatic rings. The van der Waals surface area contributed by atoms with Crippen LogP contribution in [0, 0.1) is 17.0 Å². The summed E-state index contributed by atoms with van der Waals surface area (Å²) in [5, 5.41) is 14.2. The Morgan fingerprint density at radius 2 is 2.24 bits per heavy atom. The number of aromatic nitrogens is 2. The molecular weight excluding hydrogens is 226 g/mol. The molecule has 0 unspecified atom stereocenters. The highest BCUT2D eigenvalue weighted by molar-refractivity contribution is 5.70. The molecule has 0 aliphatic carbocycles. The van der Waals surface area contributed by atoms with Crippen LogP contribution in [0.1, 0.15) is 16.2 Å². The normalized spacial score (nSPS) is 10.2. The molecule has 2 rings (SSSR count). The zero-order chi connectivity index (χ0) is 12.4. The summed E-state index contributed by atoms with van der Waals surface area (Å²) in [5.41, 5.74) is 1.16. The number of hydrogen-bond acceptors (Lipinski definition) is 6. The Bertz CT molecular complexity index is 591. The van der Waals surface area contributed by atoms with Gasteiger partial charge in [-0.2, -0.15) is 4.98 Å². The summed E-state index contributed by atoms with van der Waals surface area (Å²) in [4.78, 5) is 24.3. The molecule has 1 aromatic carbocycles. The minimum Gasteiger partial charge on any atom is -0.331 e. The summed E-state index contributed by atoms with van der Waals surface area (Å²) in [5.74, 6) is -0.000735.